The molecular formula is C68H110NO8+. The third-order valence-electron chi connectivity index (χ3n) is 12.1. The zero-order valence-electron chi connectivity index (χ0n) is 49.3. The molecule has 0 aromatic rings. The number of carbonyl (C=O) groups excluding carboxylic acids is 2. The van der Waals surface area contributed by atoms with Gasteiger partial charge >= 0.3 is 17.9 Å². The van der Waals surface area contributed by atoms with Crippen molar-refractivity contribution in [1.29, 1.82) is 0 Å². The van der Waals surface area contributed by atoms with Crippen molar-refractivity contribution < 1.29 is 42.9 Å². The van der Waals surface area contributed by atoms with Gasteiger partial charge < -0.3 is 28.5 Å². The average molecular weight is 1070 g/mol. The van der Waals surface area contributed by atoms with Crippen LogP contribution in [0.25, 0.3) is 0 Å². The monoisotopic (exact) mass is 1070 g/mol. The van der Waals surface area contributed by atoms with E-state index >= 15 is 0 Å². The summed E-state index contributed by atoms with van der Waals surface area (Å²) in [6.07, 6.45) is 80.6. The quantitative estimate of drug-likeness (QED) is 0.0211. The molecule has 0 amide bonds. The first-order valence-corrected chi connectivity index (χ1v) is 30.0. The molecule has 2 unspecified atom stereocenters. The Morgan fingerprint density at radius 1 is 0.390 bits per heavy atom. The first-order valence-electron chi connectivity index (χ1n) is 30.0. The number of carboxylic acid groups (broad SMARTS) is 1. The summed E-state index contributed by atoms with van der Waals surface area (Å²) in [5.41, 5.74) is 0. The first-order chi connectivity index (χ1) is 37.6. The van der Waals surface area contributed by atoms with Crippen molar-refractivity contribution in [2.75, 3.05) is 47.5 Å². The molecule has 0 aliphatic carbocycles. The zero-order chi connectivity index (χ0) is 56.2. The Bertz CT molecular complexity index is 1770. The van der Waals surface area contributed by atoms with Crippen LogP contribution in [0.15, 0.2) is 146 Å². The second kappa shape index (κ2) is 57.3. The lowest BCUT2D eigenvalue weighted by Crippen LogP contribution is -2.40. The lowest BCUT2D eigenvalue weighted by atomic mass is 10.1. The molecule has 0 rings (SSSR count). The van der Waals surface area contributed by atoms with Gasteiger partial charge in [-0.05, 0) is 116 Å². The van der Waals surface area contributed by atoms with Crippen molar-refractivity contribution in [3.8, 4) is 0 Å². The maximum Gasteiger partial charge on any atom is 0.361 e. The van der Waals surface area contributed by atoms with E-state index in [-0.39, 0.29) is 38.6 Å². The van der Waals surface area contributed by atoms with Crippen molar-refractivity contribution in [2.45, 2.75) is 219 Å². The summed E-state index contributed by atoms with van der Waals surface area (Å²) in [7, 11) is 5.95. The van der Waals surface area contributed by atoms with Gasteiger partial charge in [-0.25, -0.2) is 4.79 Å². The topological polar surface area (TPSA) is 108 Å². The Balaban J connectivity index is 4.32. The zero-order valence-corrected chi connectivity index (χ0v) is 49.3. The number of nitrogens with zero attached hydrogens (tertiary/aromatic N) is 1. The van der Waals surface area contributed by atoms with Crippen molar-refractivity contribution in [1.82, 2.24) is 0 Å². The smallest absolute Gasteiger partial charge is 0.361 e. The van der Waals surface area contributed by atoms with Crippen LogP contribution in [0.3, 0.4) is 0 Å². The predicted octanol–water partition coefficient (Wildman–Crippen LogP) is 18.0. The lowest BCUT2D eigenvalue weighted by Gasteiger charge is -2.25. The minimum absolute atomic E-state index is 0.174. The van der Waals surface area contributed by atoms with E-state index in [4.69, 9.17) is 18.9 Å². The van der Waals surface area contributed by atoms with E-state index in [1.54, 1.807) is 0 Å². The molecular weight excluding hydrogens is 959 g/mol. The Kier molecular flexibility index (Phi) is 53.8. The highest BCUT2D eigenvalue weighted by Crippen LogP contribution is 2.14. The second-order valence-electron chi connectivity index (χ2n) is 20.5. The van der Waals surface area contributed by atoms with Crippen LogP contribution in [0.1, 0.15) is 206 Å². The van der Waals surface area contributed by atoms with Gasteiger partial charge in [0.15, 0.2) is 6.10 Å². The van der Waals surface area contributed by atoms with Crippen LogP contribution in [0, 0.1) is 0 Å². The van der Waals surface area contributed by atoms with E-state index in [2.05, 4.69) is 160 Å². The first kappa shape index (κ1) is 72.2. The summed E-state index contributed by atoms with van der Waals surface area (Å²) >= 11 is 0. The molecule has 0 aliphatic heterocycles. The largest absolute Gasteiger partial charge is 0.477 e. The van der Waals surface area contributed by atoms with Gasteiger partial charge in [0.2, 0.25) is 0 Å². The van der Waals surface area contributed by atoms with Gasteiger partial charge in [0.1, 0.15) is 13.2 Å². The van der Waals surface area contributed by atoms with Crippen molar-refractivity contribution in [3.05, 3.63) is 146 Å². The molecule has 0 radical (unpaired) electrons. The number of ether oxygens (including phenoxy) is 4. The van der Waals surface area contributed by atoms with E-state index in [1.807, 2.05) is 21.1 Å². The molecule has 0 saturated carbocycles. The molecule has 0 heterocycles. The fourth-order valence-electron chi connectivity index (χ4n) is 7.55. The summed E-state index contributed by atoms with van der Waals surface area (Å²) in [6, 6.07) is 0. The molecule has 77 heavy (non-hydrogen) atoms. The number of hydrogen-bond donors (Lipinski definition) is 1. The number of quaternary nitrogens is 1. The Labute approximate surface area is 471 Å². The van der Waals surface area contributed by atoms with E-state index < -0.39 is 24.3 Å². The highest BCUT2D eigenvalue weighted by atomic mass is 16.7. The number of esters is 2. The van der Waals surface area contributed by atoms with E-state index in [0.29, 0.717) is 17.4 Å². The Morgan fingerprint density at radius 2 is 0.701 bits per heavy atom. The molecule has 0 saturated heterocycles. The molecule has 0 aromatic heterocycles. The Hall–Kier alpha value is -4.83. The molecule has 0 aliphatic rings. The number of unbranched alkanes of at least 4 members (excludes halogenated alkanes) is 14. The molecule has 0 fully saturated rings. The fraction of sp³-hybridized carbons (Fsp3) is 0.603. The number of hydrogen-bond acceptors (Lipinski definition) is 7. The summed E-state index contributed by atoms with van der Waals surface area (Å²) in [4.78, 5) is 37.5. The predicted molar refractivity (Wildman–Crippen MR) is 327 cm³/mol. The highest BCUT2D eigenvalue weighted by Gasteiger charge is 2.25. The van der Waals surface area contributed by atoms with Crippen LogP contribution in [-0.4, -0.2) is 87.4 Å². The van der Waals surface area contributed by atoms with Crippen LogP contribution in [0.2, 0.25) is 0 Å². The number of likely N-dealkylation sites (N-methyl/N-ethyl adjacent to an activating group) is 1. The van der Waals surface area contributed by atoms with E-state index in [0.717, 1.165) is 148 Å². The SMILES string of the molecule is CC/C=C\C/C=C\C/C=C\C/C=C\C/C=C\C/C=C\C/C=C\C/C=C\CCCCCCCCC(=O)OC(COC(=O)CCCCCCCCCC/C=C\C/C=C\C/C=C\C/C=C\CC)COC(OCC[N+](C)(C)C)C(=O)O. The number of carbonyl (C=O) groups is 3. The standard InChI is InChI=1S/C68H109NO8/c1-6-8-10-12-14-16-18-20-22-24-26-28-29-30-31-32-33-34-35-36-37-39-41-43-45-47-49-51-53-55-57-59-66(71)77-64(63-76-68(67(72)73)74-61-60-69(3,4)5)62-75-65(70)58-56-54-52-50-48-46-44-42-40-38-27-25-23-21-19-17-15-13-11-9-7-2/h8-11,14-17,20-23,26-28,30-31,33-34,36-38,41,43,64,68H,6-7,12-13,18-19,24-25,29,32,35,39-40,42,44-63H2,1-5H3/p+1/b10-8-,11-9-,16-14-,17-15-,22-20-,23-21-,28-26-,31-30-,34-33-,37-36-,38-27-,43-41-. The van der Waals surface area contributed by atoms with Crippen LogP contribution >= 0.6 is 0 Å². The molecule has 9 heteroatoms. The average Bonchev–Trinajstić information content (AvgIpc) is 3.40. The highest BCUT2D eigenvalue weighted by molar-refractivity contribution is 5.71. The van der Waals surface area contributed by atoms with E-state index in [9.17, 15) is 19.5 Å². The van der Waals surface area contributed by atoms with Crippen LogP contribution in [0.4, 0.5) is 0 Å². The van der Waals surface area contributed by atoms with Gasteiger partial charge in [-0.3, -0.25) is 9.59 Å². The van der Waals surface area contributed by atoms with E-state index in [1.165, 1.54) is 25.7 Å². The number of aliphatic carboxylic acids is 1. The third-order valence-corrected chi connectivity index (χ3v) is 12.1. The molecule has 0 spiro atoms. The van der Waals surface area contributed by atoms with Gasteiger partial charge in [-0.2, -0.15) is 0 Å². The Morgan fingerprint density at radius 3 is 1.04 bits per heavy atom. The maximum absolute atomic E-state index is 12.9. The second-order valence-corrected chi connectivity index (χ2v) is 20.5. The van der Waals surface area contributed by atoms with Gasteiger partial charge in [0, 0.05) is 12.8 Å². The number of allylic oxidation sites excluding steroid dienone is 24. The minimum atomic E-state index is -1.53. The molecule has 434 valence electrons. The van der Waals surface area contributed by atoms with Gasteiger partial charge in [-0.15, -0.1) is 0 Å². The van der Waals surface area contributed by atoms with Crippen LogP contribution in [0.5, 0.6) is 0 Å². The van der Waals surface area contributed by atoms with Gasteiger partial charge in [0.25, 0.3) is 6.29 Å². The van der Waals surface area contributed by atoms with Crippen molar-refractivity contribution >= 4 is 17.9 Å². The third kappa shape index (κ3) is 58.7. The molecule has 0 aromatic carbocycles. The summed E-state index contributed by atoms with van der Waals surface area (Å²) < 4.78 is 22.9. The fourth-order valence-corrected chi connectivity index (χ4v) is 7.55. The lowest BCUT2D eigenvalue weighted by molar-refractivity contribution is -0.870. The van der Waals surface area contributed by atoms with Crippen molar-refractivity contribution in [3.63, 3.8) is 0 Å². The van der Waals surface area contributed by atoms with Crippen LogP contribution < -0.4 is 0 Å². The maximum atomic E-state index is 12.9. The minimum Gasteiger partial charge on any atom is -0.477 e. The number of carboxylic acids is 1. The van der Waals surface area contributed by atoms with Crippen LogP contribution in [-0.2, 0) is 33.3 Å². The molecule has 9 nitrogen and oxygen atoms in total. The van der Waals surface area contributed by atoms with Gasteiger partial charge in [-0.1, -0.05) is 224 Å². The summed E-state index contributed by atoms with van der Waals surface area (Å²) in [6.45, 7) is 4.60. The summed E-state index contributed by atoms with van der Waals surface area (Å²) in [5, 5.41) is 9.71. The molecule has 2 atom stereocenters. The van der Waals surface area contributed by atoms with Gasteiger partial charge in [0.05, 0.1) is 34.4 Å². The normalized spacial score (nSPS) is 13.8. The molecule has 0 bridgehead atoms. The molecule has 1 N–H and O–H groups in total. The van der Waals surface area contributed by atoms with Crippen molar-refractivity contribution in [2.24, 2.45) is 0 Å². The number of rotatable bonds is 53. The summed E-state index contributed by atoms with van der Waals surface area (Å²) in [5.74, 6) is -2.05.